The maximum absolute atomic E-state index is 13.0. The maximum atomic E-state index is 13.0. The second-order valence-electron chi connectivity index (χ2n) is 2.52. The molecule has 0 rings (SSSR count). The zero-order chi connectivity index (χ0) is 9.02. The first-order valence-electron chi connectivity index (χ1n) is 3.34. The Hall–Kier alpha value is -1.11. The van der Waals surface area contributed by atoms with Crippen LogP contribution in [0.4, 0.5) is 4.39 Å². The Labute approximate surface area is 67.4 Å². The van der Waals surface area contributed by atoms with Crippen molar-refractivity contribution >= 4 is 0 Å². The minimum absolute atomic E-state index is 0.296. The first-order valence-corrected chi connectivity index (χ1v) is 3.34. The zero-order valence-electron chi connectivity index (χ0n) is 7.08. The third-order valence-corrected chi connectivity index (χ3v) is 1.34. The molecule has 0 spiro atoms. The van der Waals surface area contributed by atoms with Crippen molar-refractivity contribution in [1.82, 2.24) is 0 Å². The highest BCUT2D eigenvalue weighted by Gasteiger charge is 2.03. The average molecular weight is 152 g/mol. The van der Waals surface area contributed by atoms with Gasteiger partial charge in [0.15, 0.2) is 0 Å². The van der Waals surface area contributed by atoms with E-state index >= 15 is 0 Å². The second-order valence-corrected chi connectivity index (χ2v) is 2.52. The van der Waals surface area contributed by atoms with Crippen LogP contribution in [0.3, 0.4) is 0 Å². The molecule has 0 aromatic rings. The van der Waals surface area contributed by atoms with Crippen molar-refractivity contribution in [2.24, 2.45) is 0 Å². The summed E-state index contributed by atoms with van der Waals surface area (Å²) in [5.74, 6) is -0.296. The maximum Gasteiger partial charge on any atom is 0.129 e. The lowest BCUT2D eigenvalue weighted by Crippen LogP contribution is -1.86. The molecule has 0 aromatic carbocycles. The molecule has 0 saturated heterocycles. The lowest BCUT2D eigenvalue weighted by Gasteiger charge is -2.03. The highest BCUT2D eigenvalue weighted by Crippen LogP contribution is 2.20. The molecule has 0 aliphatic carbocycles. The molecule has 60 valence electrons. The van der Waals surface area contributed by atoms with Gasteiger partial charge < -0.3 is 0 Å². The standard InChI is InChI=1S/C10H13F/c1-6-8(4)9(5)10(11)7(2)3/h6H,1,4-5H2,2-3H3. The van der Waals surface area contributed by atoms with Crippen molar-refractivity contribution in [1.29, 1.82) is 0 Å². The van der Waals surface area contributed by atoms with Gasteiger partial charge in [-0.1, -0.05) is 25.8 Å². The quantitative estimate of drug-likeness (QED) is 0.542. The molecule has 0 heterocycles. The van der Waals surface area contributed by atoms with E-state index in [-0.39, 0.29) is 5.83 Å². The van der Waals surface area contributed by atoms with Crippen LogP contribution in [0, 0.1) is 0 Å². The smallest absolute Gasteiger partial charge is 0.129 e. The van der Waals surface area contributed by atoms with E-state index in [1.807, 2.05) is 0 Å². The first kappa shape index (κ1) is 9.89. The molecule has 0 atom stereocenters. The third kappa shape index (κ3) is 2.54. The van der Waals surface area contributed by atoms with Crippen molar-refractivity contribution in [2.75, 3.05) is 0 Å². The van der Waals surface area contributed by atoms with Crippen LogP contribution < -0.4 is 0 Å². The van der Waals surface area contributed by atoms with Crippen LogP contribution in [0.2, 0.25) is 0 Å². The van der Waals surface area contributed by atoms with E-state index in [0.717, 1.165) is 0 Å². The predicted octanol–water partition coefficient (Wildman–Crippen LogP) is 3.55. The molecular weight excluding hydrogens is 139 g/mol. The molecule has 0 amide bonds. The molecule has 1 heteroatoms. The molecule has 0 nitrogen and oxygen atoms in total. The van der Waals surface area contributed by atoms with E-state index < -0.39 is 0 Å². The monoisotopic (exact) mass is 152 g/mol. The molecule has 0 saturated carbocycles. The summed E-state index contributed by atoms with van der Waals surface area (Å²) in [6.45, 7) is 14.0. The summed E-state index contributed by atoms with van der Waals surface area (Å²) in [4.78, 5) is 0. The van der Waals surface area contributed by atoms with E-state index in [2.05, 4.69) is 19.7 Å². The molecule has 0 radical (unpaired) electrons. The number of allylic oxidation sites excluding steroid dienone is 5. The minimum atomic E-state index is -0.296. The predicted molar refractivity (Wildman–Crippen MR) is 48.0 cm³/mol. The van der Waals surface area contributed by atoms with Gasteiger partial charge in [0.1, 0.15) is 5.83 Å². The Morgan fingerprint density at radius 2 is 1.73 bits per heavy atom. The first-order chi connectivity index (χ1) is 5.00. The molecule has 0 unspecified atom stereocenters. The minimum Gasteiger partial charge on any atom is -0.206 e. The lowest BCUT2D eigenvalue weighted by atomic mass is 10.1. The van der Waals surface area contributed by atoms with Crippen LogP contribution in [0.25, 0.3) is 0 Å². The van der Waals surface area contributed by atoms with Crippen molar-refractivity contribution in [3.8, 4) is 0 Å². The van der Waals surface area contributed by atoms with Crippen LogP contribution >= 0.6 is 0 Å². The van der Waals surface area contributed by atoms with E-state index in [0.29, 0.717) is 16.7 Å². The van der Waals surface area contributed by atoms with Gasteiger partial charge in [-0.3, -0.25) is 0 Å². The van der Waals surface area contributed by atoms with Crippen LogP contribution in [0.1, 0.15) is 13.8 Å². The Bertz CT molecular complexity index is 227. The summed E-state index contributed by atoms with van der Waals surface area (Å²) in [6.07, 6.45) is 1.49. The summed E-state index contributed by atoms with van der Waals surface area (Å²) in [6, 6.07) is 0. The van der Waals surface area contributed by atoms with E-state index in [1.165, 1.54) is 6.08 Å². The van der Waals surface area contributed by atoms with E-state index in [1.54, 1.807) is 13.8 Å². The van der Waals surface area contributed by atoms with Crippen molar-refractivity contribution in [3.63, 3.8) is 0 Å². The van der Waals surface area contributed by atoms with Gasteiger partial charge in [-0.2, -0.15) is 0 Å². The second kappa shape index (κ2) is 3.91. The summed E-state index contributed by atoms with van der Waals surface area (Å²) in [5, 5.41) is 0. The highest BCUT2D eigenvalue weighted by molar-refractivity contribution is 5.46. The zero-order valence-corrected chi connectivity index (χ0v) is 7.08. The molecular formula is C10H13F. The SMILES string of the molecule is C=CC(=C)C(=C)C(F)=C(C)C. The fourth-order valence-corrected chi connectivity index (χ4v) is 0.566. The molecule has 0 fully saturated rings. The van der Waals surface area contributed by atoms with Gasteiger partial charge in [0, 0.05) is 5.57 Å². The molecule has 0 aromatic heterocycles. The van der Waals surface area contributed by atoms with Gasteiger partial charge in [-0.05, 0) is 25.0 Å². The number of halogens is 1. The summed E-state index contributed by atoms with van der Waals surface area (Å²) >= 11 is 0. The molecule has 0 aliphatic heterocycles. The largest absolute Gasteiger partial charge is 0.206 e. The topological polar surface area (TPSA) is 0 Å². The summed E-state index contributed by atoms with van der Waals surface area (Å²) in [5.41, 5.74) is 1.46. The van der Waals surface area contributed by atoms with Crippen LogP contribution in [-0.2, 0) is 0 Å². The van der Waals surface area contributed by atoms with E-state index in [4.69, 9.17) is 0 Å². The Kier molecular flexibility index (Phi) is 3.52. The number of rotatable bonds is 3. The Balaban J connectivity index is 4.65. The van der Waals surface area contributed by atoms with Gasteiger partial charge in [0.25, 0.3) is 0 Å². The fraction of sp³-hybridized carbons (Fsp3) is 0.200. The number of hydrogen-bond donors (Lipinski definition) is 0. The van der Waals surface area contributed by atoms with Crippen molar-refractivity contribution in [3.05, 3.63) is 48.4 Å². The molecule has 0 N–H and O–H groups in total. The van der Waals surface area contributed by atoms with E-state index in [9.17, 15) is 4.39 Å². The van der Waals surface area contributed by atoms with Gasteiger partial charge in [0.2, 0.25) is 0 Å². The molecule has 0 bridgehead atoms. The van der Waals surface area contributed by atoms with Gasteiger partial charge in [-0.15, -0.1) is 0 Å². The van der Waals surface area contributed by atoms with Crippen LogP contribution in [0.15, 0.2) is 48.4 Å². The van der Waals surface area contributed by atoms with Gasteiger partial charge in [0.05, 0.1) is 0 Å². The third-order valence-electron chi connectivity index (χ3n) is 1.34. The fourth-order valence-electron chi connectivity index (χ4n) is 0.566. The number of hydrogen-bond acceptors (Lipinski definition) is 0. The van der Waals surface area contributed by atoms with Crippen molar-refractivity contribution in [2.45, 2.75) is 13.8 Å². The Morgan fingerprint density at radius 3 is 2.00 bits per heavy atom. The molecule has 0 aliphatic rings. The van der Waals surface area contributed by atoms with Crippen LogP contribution in [0.5, 0.6) is 0 Å². The van der Waals surface area contributed by atoms with Gasteiger partial charge >= 0.3 is 0 Å². The van der Waals surface area contributed by atoms with Crippen molar-refractivity contribution < 1.29 is 4.39 Å². The average Bonchev–Trinajstić information content (AvgIpc) is 2.00. The molecule has 11 heavy (non-hydrogen) atoms. The van der Waals surface area contributed by atoms with Crippen LogP contribution in [-0.4, -0.2) is 0 Å². The Morgan fingerprint density at radius 1 is 1.27 bits per heavy atom. The summed E-state index contributed by atoms with van der Waals surface area (Å²) < 4.78 is 13.0. The normalized spacial score (nSPS) is 8.64. The summed E-state index contributed by atoms with van der Waals surface area (Å²) in [7, 11) is 0. The van der Waals surface area contributed by atoms with Gasteiger partial charge in [-0.25, -0.2) is 4.39 Å². The lowest BCUT2D eigenvalue weighted by molar-refractivity contribution is 0.643. The highest BCUT2D eigenvalue weighted by atomic mass is 19.1.